The van der Waals surface area contributed by atoms with Crippen LogP contribution in [0.1, 0.15) is 11.1 Å². The number of anilines is 2. The third kappa shape index (κ3) is 3.65. The summed E-state index contributed by atoms with van der Waals surface area (Å²) >= 11 is 0. The van der Waals surface area contributed by atoms with E-state index in [-0.39, 0.29) is 12.1 Å². The van der Waals surface area contributed by atoms with Crippen molar-refractivity contribution >= 4 is 21.2 Å². The first-order valence-corrected chi connectivity index (χ1v) is 7.91. The summed E-state index contributed by atoms with van der Waals surface area (Å²) in [5.41, 5.74) is 6.13. The highest BCUT2D eigenvalue weighted by atomic mass is 32.2. The lowest BCUT2D eigenvalue weighted by atomic mass is 10.2. The Kier molecular flexibility index (Phi) is 4.41. The van der Waals surface area contributed by atoms with E-state index in [0.717, 1.165) is 24.3 Å². The van der Waals surface area contributed by atoms with Crippen LogP contribution in [0.5, 0.6) is 0 Å². The van der Waals surface area contributed by atoms with Gasteiger partial charge in [0.25, 0.3) is 0 Å². The number of hydrogen-bond acceptors (Lipinski definition) is 4. The lowest BCUT2D eigenvalue weighted by Crippen LogP contribution is -2.13. The van der Waals surface area contributed by atoms with Crippen molar-refractivity contribution in [2.45, 2.75) is 22.1 Å². The van der Waals surface area contributed by atoms with E-state index < -0.39 is 54.5 Å². The molecule has 0 heterocycles. The molecular formula is C14H10F6N2O2S. The third-order valence-corrected chi connectivity index (χ3v) is 5.03. The predicted molar refractivity (Wildman–Crippen MR) is 77.2 cm³/mol. The first-order chi connectivity index (χ1) is 11.2. The van der Waals surface area contributed by atoms with Gasteiger partial charge in [0.2, 0.25) is 9.84 Å². The molecular weight excluding hydrogens is 374 g/mol. The summed E-state index contributed by atoms with van der Waals surface area (Å²) in [5, 5.41) is 0. The second kappa shape index (κ2) is 5.83. The lowest BCUT2D eigenvalue weighted by molar-refractivity contribution is -0.137. The number of rotatable bonds is 2. The third-order valence-electron chi connectivity index (χ3n) is 3.28. The van der Waals surface area contributed by atoms with Gasteiger partial charge in [0.1, 0.15) is 0 Å². The van der Waals surface area contributed by atoms with Crippen molar-refractivity contribution in [2.75, 3.05) is 11.5 Å². The molecule has 0 radical (unpaired) electrons. The highest BCUT2D eigenvalue weighted by Crippen LogP contribution is 2.38. The Labute approximate surface area is 138 Å². The lowest BCUT2D eigenvalue weighted by Gasteiger charge is -2.14. The van der Waals surface area contributed by atoms with Gasteiger partial charge in [-0.1, -0.05) is 0 Å². The molecule has 136 valence electrons. The Morgan fingerprint density at radius 2 is 1.00 bits per heavy atom. The maximum atomic E-state index is 12.9. The van der Waals surface area contributed by atoms with Gasteiger partial charge in [0, 0.05) is 11.4 Å². The second-order valence-electron chi connectivity index (χ2n) is 5.00. The molecule has 11 heteroatoms. The number of halogens is 6. The number of benzene rings is 2. The Morgan fingerprint density at radius 1 is 0.680 bits per heavy atom. The summed E-state index contributed by atoms with van der Waals surface area (Å²) in [7, 11) is -4.65. The molecule has 0 saturated heterocycles. The van der Waals surface area contributed by atoms with Crippen LogP contribution in [0, 0.1) is 0 Å². The normalized spacial score (nSPS) is 13.0. The van der Waals surface area contributed by atoms with E-state index in [0.29, 0.717) is 0 Å². The van der Waals surface area contributed by atoms with Crippen LogP contribution in [0.15, 0.2) is 46.2 Å². The minimum atomic E-state index is -4.92. The molecule has 0 atom stereocenters. The standard InChI is InChI=1S/C14H10F6N2O2S/c15-13(16,17)9-5-7(1-3-11(9)21)25(23,24)8-2-4-12(22)10(6-8)14(18,19)20/h1-6H,21-22H2. The largest absolute Gasteiger partial charge is 0.418 e. The van der Waals surface area contributed by atoms with E-state index in [1.165, 1.54) is 0 Å². The minimum Gasteiger partial charge on any atom is -0.398 e. The molecule has 4 N–H and O–H groups in total. The van der Waals surface area contributed by atoms with Gasteiger partial charge in [-0.2, -0.15) is 26.3 Å². The van der Waals surface area contributed by atoms with E-state index in [9.17, 15) is 34.8 Å². The number of alkyl halides is 6. The molecule has 0 aliphatic heterocycles. The molecule has 0 bridgehead atoms. The van der Waals surface area contributed by atoms with E-state index in [1.807, 2.05) is 0 Å². The molecule has 2 aromatic carbocycles. The van der Waals surface area contributed by atoms with E-state index in [1.54, 1.807) is 0 Å². The predicted octanol–water partition coefficient (Wildman–Crippen LogP) is 3.72. The van der Waals surface area contributed by atoms with Gasteiger partial charge in [0.05, 0.1) is 20.9 Å². The van der Waals surface area contributed by atoms with E-state index >= 15 is 0 Å². The molecule has 25 heavy (non-hydrogen) atoms. The smallest absolute Gasteiger partial charge is 0.398 e. The molecule has 2 rings (SSSR count). The fraction of sp³-hybridized carbons (Fsp3) is 0.143. The van der Waals surface area contributed by atoms with Crippen molar-refractivity contribution in [1.82, 2.24) is 0 Å². The summed E-state index contributed by atoms with van der Waals surface area (Å²) in [4.78, 5) is -1.68. The van der Waals surface area contributed by atoms with Crippen LogP contribution in [-0.2, 0) is 22.2 Å². The zero-order valence-electron chi connectivity index (χ0n) is 12.1. The van der Waals surface area contributed by atoms with Crippen LogP contribution >= 0.6 is 0 Å². The topological polar surface area (TPSA) is 86.2 Å². The molecule has 0 spiro atoms. The van der Waals surface area contributed by atoms with Crippen LogP contribution in [0.25, 0.3) is 0 Å². The summed E-state index contributed by atoms with van der Waals surface area (Å²) in [6.07, 6.45) is -9.85. The molecule has 2 aromatic rings. The average Bonchev–Trinajstić information content (AvgIpc) is 2.45. The van der Waals surface area contributed by atoms with Gasteiger partial charge < -0.3 is 11.5 Å². The Morgan fingerprint density at radius 3 is 1.28 bits per heavy atom. The van der Waals surface area contributed by atoms with Crippen LogP contribution in [0.4, 0.5) is 37.7 Å². The number of sulfone groups is 1. The van der Waals surface area contributed by atoms with Gasteiger partial charge in [0.15, 0.2) is 0 Å². The fourth-order valence-electron chi connectivity index (χ4n) is 2.03. The van der Waals surface area contributed by atoms with Crippen LogP contribution < -0.4 is 11.5 Å². The maximum Gasteiger partial charge on any atom is 0.418 e. The van der Waals surface area contributed by atoms with Gasteiger partial charge >= 0.3 is 12.4 Å². The quantitative estimate of drug-likeness (QED) is 0.610. The highest BCUT2D eigenvalue weighted by molar-refractivity contribution is 7.91. The molecule has 0 aliphatic carbocycles. The molecule has 0 amide bonds. The summed E-state index contributed by atoms with van der Waals surface area (Å²) in [6.45, 7) is 0. The summed E-state index contributed by atoms with van der Waals surface area (Å²) < 4.78 is 102. The zero-order valence-corrected chi connectivity index (χ0v) is 12.9. The van der Waals surface area contributed by atoms with Gasteiger partial charge in [-0.15, -0.1) is 0 Å². The second-order valence-corrected chi connectivity index (χ2v) is 6.95. The van der Waals surface area contributed by atoms with Crippen LogP contribution in [0.3, 0.4) is 0 Å². The summed E-state index contributed by atoms with van der Waals surface area (Å²) in [6, 6.07) is 3.55. The van der Waals surface area contributed by atoms with Gasteiger partial charge in [-0.05, 0) is 36.4 Å². The highest BCUT2D eigenvalue weighted by Gasteiger charge is 2.36. The number of hydrogen-bond donors (Lipinski definition) is 2. The molecule has 4 nitrogen and oxygen atoms in total. The van der Waals surface area contributed by atoms with Crippen molar-refractivity contribution in [3.63, 3.8) is 0 Å². The van der Waals surface area contributed by atoms with E-state index in [4.69, 9.17) is 11.5 Å². The van der Waals surface area contributed by atoms with Crippen molar-refractivity contribution in [3.8, 4) is 0 Å². The van der Waals surface area contributed by atoms with Crippen molar-refractivity contribution in [2.24, 2.45) is 0 Å². The van der Waals surface area contributed by atoms with Crippen LogP contribution in [-0.4, -0.2) is 8.42 Å². The molecule has 0 aromatic heterocycles. The average molecular weight is 384 g/mol. The van der Waals surface area contributed by atoms with Crippen molar-refractivity contribution in [1.29, 1.82) is 0 Å². The van der Waals surface area contributed by atoms with Gasteiger partial charge in [-0.3, -0.25) is 0 Å². The number of nitrogens with two attached hydrogens (primary N) is 2. The molecule has 0 unspecified atom stereocenters. The molecule has 0 aliphatic rings. The number of nitrogen functional groups attached to an aromatic ring is 2. The SMILES string of the molecule is Nc1ccc(S(=O)(=O)c2ccc(N)c(C(F)(F)F)c2)cc1C(F)(F)F. The first-order valence-electron chi connectivity index (χ1n) is 6.43. The molecule has 0 fully saturated rings. The van der Waals surface area contributed by atoms with Crippen LogP contribution in [0.2, 0.25) is 0 Å². The Hall–Kier alpha value is -2.43. The van der Waals surface area contributed by atoms with Crippen molar-refractivity contribution < 1.29 is 34.8 Å². The Bertz CT molecular complexity index is 850. The Balaban J connectivity index is 2.65. The summed E-state index contributed by atoms with van der Waals surface area (Å²) in [5.74, 6) is 0. The molecule has 0 saturated carbocycles. The minimum absolute atomic E-state index is 0.272. The fourth-order valence-corrected chi connectivity index (χ4v) is 3.34. The van der Waals surface area contributed by atoms with E-state index in [2.05, 4.69) is 0 Å². The monoisotopic (exact) mass is 384 g/mol. The van der Waals surface area contributed by atoms with Crippen molar-refractivity contribution in [3.05, 3.63) is 47.5 Å². The maximum absolute atomic E-state index is 12.9. The first kappa shape index (κ1) is 18.9. The zero-order chi connectivity index (χ0) is 19.2. The van der Waals surface area contributed by atoms with Gasteiger partial charge in [-0.25, -0.2) is 8.42 Å².